The van der Waals surface area contributed by atoms with Gasteiger partial charge >= 0.3 is 5.97 Å². The number of nitrogen functional groups attached to an aromatic ring is 1. The van der Waals surface area contributed by atoms with Crippen molar-refractivity contribution >= 4 is 21.7 Å². The molecule has 0 fully saturated rings. The van der Waals surface area contributed by atoms with Gasteiger partial charge in [0.2, 0.25) is 10.0 Å². The fourth-order valence-corrected chi connectivity index (χ4v) is 2.79. The van der Waals surface area contributed by atoms with Gasteiger partial charge in [0.25, 0.3) is 0 Å². The van der Waals surface area contributed by atoms with E-state index in [2.05, 4.69) is 0 Å². The monoisotopic (exact) mass is 302 g/mol. The summed E-state index contributed by atoms with van der Waals surface area (Å²) in [4.78, 5) is 10.7. The summed E-state index contributed by atoms with van der Waals surface area (Å²) in [5.41, 5.74) is 5.49. The number of carbonyl (C=O) groups is 1. The summed E-state index contributed by atoms with van der Waals surface area (Å²) in [5, 5.41) is 8.82. The zero-order valence-electron chi connectivity index (χ0n) is 11.4. The van der Waals surface area contributed by atoms with Crippen molar-refractivity contribution in [2.24, 2.45) is 0 Å². The SMILES string of the molecule is CCOCCN(C)S(=O)(=O)c1ccc(C(=O)O)cc1N. The number of carboxylic acid groups (broad SMARTS) is 1. The Balaban J connectivity index is 3.00. The Kier molecular flexibility index (Phi) is 5.49. The minimum atomic E-state index is -3.76. The van der Waals surface area contributed by atoms with E-state index in [1.54, 1.807) is 0 Å². The third-order valence-corrected chi connectivity index (χ3v) is 4.63. The first-order valence-electron chi connectivity index (χ1n) is 5.97. The zero-order chi connectivity index (χ0) is 15.3. The number of sulfonamides is 1. The van der Waals surface area contributed by atoms with Crippen LogP contribution in [0.15, 0.2) is 23.1 Å². The van der Waals surface area contributed by atoms with E-state index >= 15 is 0 Å². The van der Waals surface area contributed by atoms with Crippen LogP contribution in [-0.4, -0.2) is 50.6 Å². The van der Waals surface area contributed by atoms with Gasteiger partial charge < -0.3 is 15.6 Å². The van der Waals surface area contributed by atoms with E-state index in [0.717, 1.165) is 10.4 Å². The van der Waals surface area contributed by atoms with E-state index in [0.29, 0.717) is 6.61 Å². The molecule has 0 atom stereocenters. The summed E-state index contributed by atoms with van der Waals surface area (Å²) in [6, 6.07) is 3.54. The maximum atomic E-state index is 12.3. The van der Waals surface area contributed by atoms with E-state index in [1.807, 2.05) is 6.92 Å². The van der Waals surface area contributed by atoms with E-state index in [-0.39, 0.29) is 29.3 Å². The van der Waals surface area contributed by atoms with E-state index in [1.165, 1.54) is 19.2 Å². The van der Waals surface area contributed by atoms with Crippen LogP contribution in [0.2, 0.25) is 0 Å². The van der Waals surface area contributed by atoms with Crippen molar-refractivity contribution in [2.45, 2.75) is 11.8 Å². The fraction of sp³-hybridized carbons (Fsp3) is 0.417. The summed E-state index contributed by atoms with van der Waals surface area (Å²) < 4.78 is 30.8. The predicted octanol–water partition coefficient (Wildman–Crippen LogP) is 0.624. The molecule has 0 heterocycles. The van der Waals surface area contributed by atoms with Crippen molar-refractivity contribution in [1.82, 2.24) is 4.31 Å². The molecule has 0 saturated heterocycles. The van der Waals surface area contributed by atoms with Gasteiger partial charge in [0.1, 0.15) is 4.90 Å². The number of ether oxygens (including phenoxy) is 1. The molecule has 0 saturated carbocycles. The molecular formula is C12H18N2O5S. The van der Waals surface area contributed by atoms with Gasteiger partial charge in [-0.25, -0.2) is 13.2 Å². The number of benzene rings is 1. The summed E-state index contributed by atoms with van der Waals surface area (Å²) in [7, 11) is -2.34. The van der Waals surface area contributed by atoms with Gasteiger partial charge in [-0.1, -0.05) is 0 Å². The first-order chi connectivity index (χ1) is 9.30. The number of hydrogen-bond acceptors (Lipinski definition) is 5. The molecule has 0 aliphatic heterocycles. The summed E-state index contributed by atoms with van der Waals surface area (Å²) >= 11 is 0. The summed E-state index contributed by atoms with van der Waals surface area (Å²) in [5.74, 6) is -1.16. The predicted molar refractivity (Wildman–Crippen MR) is 74.1 cm³/mol. The second-order valence-corrected chi connectivity index (χ2v) is 6.09. The van der Waals surface area contributed by atoms with Crippen LogP contribution < -0.4 is 5.73 Å². The molecule has 1 aromatic rings. The third kappa shape index (κ3) is 3.69. The first kappa shape index (κ1) is 16.4. The lowest BCUT2D eigenvalue weighted by Crippen LogP contribution is -2.31. The van der Waals surface area contributed by atoms with Gasteiger partial charge in [-0.05, 0) is 25.1 Å². The quantitative estimate of drug-likeness (QED) is 0.564. The van der Waals surface area contributed by atoms with Gasteiger partial charge in [-0.3, -0.25) is 0 Å². The maximum absolute atomic E-state index is 12.3. The van der Waals surface area contributed by atoms with Gasteiger partial charge in [-0.2, -0.15) is 4.31 Å². The molecular weight excluding hydrogens is 284 g/mol. The molecule has 0 bridgehead atoms. The standard InChI is InChI=1S/C12H18N2O5S/c1-3-19-7-6-14(2)20(17,18)11-5-4-9(12(15)16)8-10(11)13/h4-5,8H,3,6-7,13H2,1-2H3,(H,15,16). The molecule has 7 nitrogen and oxygen atoms in total. The number of rotatable bonds is 7. The van der Waals surface area contributed by atoms with Gasteiger partial charge in [0.05, 0.1) is 17.9 Å². The molecule has 0 aliphatic carbocycles. The van der Waals surface area contributed by atoms with E-state index in [4.69, 9.17) is 15.6 Å². The van der Waals surface area contributed by atoms with Crippen LogP contribution in [0, 0.1) is 0 Å². The Labute approximate surface area is 118 Å². The average molecular weight is 302 g/mol. The molecule has 0 spiro atoms. The van der Waals surface area contributed by atoms with E-state index < -0.39 is 16.0 Å². The van der Waals surface area contributed by atoms with Crippen LogP contribution in [-0.2, 0) is 14.8 Å². The first-order valence-corrected chi connectivity index (χ1v) is 7.41. The van der Waals surface area contributed by atoms with Crippen LogP contribution in [0.1, 0.15) is 17.3 Å². The number of hydrogen-bond donors (Lipinski definition) is 2. The molecule has 0 aliphatic rings. The number of nitrogens with two attached hydrogens (primary N) is 1. The number of likely N-dealkylation sites (N-methyl/N-ethyl adjacent to an activating group) is 1. The Morgan fingerprint density at radius 1 is 1.45 bits per heavy atom. The number of carboxylic acids is 1. The highest BCUT2D eigenvalue weighted by Crippen LogP contribution is 2.22. The highest BCUT2D eigenvalue weighted by atomic mass is 32.2. The topological polar surface area (TPSA) is 110 Å². The largest absolute Gasteiger partial charge is 0.478 e. The molecule has 1 rings (SSSR count). The Bertz CT molecular complexity index is 586. The van der Waals surface area contributed by atoms with Crippen molar-refractivity contribution in [3.05, 3.63) is 23.8 Å². The molecule has 8 heteroatoms. The lowest BCUT2D eigenvalue weighted by molar-refractivity contribution is 0.0697. The van der Waals surface area contributed by atoms with Gasteiger partial charge in [0, 0.05) is 20.2 Å². The lowest BCUT2D eigenvalue weighted by atomic mass is 10.2. The van der Waals surface area contributed by atoms with Gasteiger partial charge in [0.15, 0.2) is 0 Å². The Morgan fingerprint density at radius 3 is 2.60 bits per heavy atom. The Hall–Kier alpha value is -1.64. The molecule has 112 valence electrons. The Morgan fingerprint density at radius 2 is 2.10 bits per heavy atom. The van der Waals surface area contributed by atoms with Crippen LogP contribution in [0.4, 0.5) is 5.69 Å². The molecule has 1 aromatic carbocycles. The molecule has 3 N–H and O–H groups in total. The van der Waals surface area contributed by atoms with Crippen LogP contribution in [0.25, 0.3) is 0 Å². The fourth-order valence-electron chi connectivity index (χ4n) is 1.54. The second kappa shape index (κ2) is 6.69. The molecule has 0 aromatic heterocycles. The number of aromatic carboxylic acids is 1. The normalized spacial score (nSPS) is 11.8. The lowest BCUT2D eigenvalue weighted by Gasteiger charge is -2.18. The maximum Gasteiger partial charge on any atom is 0.335 e. The summed E-state index contributed by atoms with van der Waals surface area (Å²) in [6.07, 6.45) is 0. The highest BCUT2D eigenvalue weighted by Gasteiger charge is 2.23. The van der Waals surface area contributed by atoms with Crippen LogP contribution >= 0.6 is 0 Å². The minimum Gasteiger partial charge on any atom is -0.478 e. The van der Waals surface area contributed by atoms with Crippen molar-refractivity contribution in [2.75, 3.05) is 32.5 Å². The van der Waals surface area contributed by atoms with Crippen molar-refractivity contribution < 1.29 is 23.1 Å². The van der Waals surface area contributed by atoms with Crippen molar-refractivity contribution in [3.63, 3.8) is 0 Å². The van der Waals surface area contributed by atoms with Gasteiger partial charge in [-0.15, -0.1) is 0 Å². The molecule has 20 heavy (non-hydrogen) atoms. The van der Waals surface area contributed by atoms with Crippen LogP contribution in [0.3, 0.4) is 0 Å². The van der Waals surface area contributed by atoms with Crippen LogP contribution in [0.5, 0.6) is 0 Å². The average Bonchev–Trinajstić information content (AvgIpc) is 2.38. The third-order valence-electron chi connectivity index (χ3n) is 2.70. The molecule has 0 radical (unpaired) electrons. The summed E-state index contributed by atoms with van der Waals surface area (Å²) in [6.45, 7) is 2.79. The van der Waals surface area contributed by atoms with E-state index in [9.17, 15) is 13.2 Å². The van der Waals surface area contributed by atoms with Crippen molar-refractivity contribution in [3.8, 4) is 0 Å². The second-order valence-electron chi connectivity index (χ2n) is 4.08. The smallest absolute Gasteiger partial charge is 0.335 e. The molecule has 0 amide bonds. The number of anilines is 1. The number of nitrogens with zero attached hydrogens (tertiary/aromatic N) is 1. The highest BCUT2D eigenvalue weighted by molar-refractivity contribution is 7.89. The zero-order valence-corrected chi connectivity index (χ0v) is 12.2. The molecule has 0 unspecified atom stereocenters. The minimum absolute atomic E-state index is 0.0570. The van der Waals surface area contributed by atoms with Crippen molar-refractivity contribution in [1.29, 1.82) is 0 Å².